The highest BCUT2D eigenvalue weighted by molar-refractivity contribution is 5.89. The smallest absolute Gasteiger partial charge is 0.337 e. The number of likely N-dealkylation sites (tertiary alicyclic amines) is 1. The summed E-state index contributed by atoms with van der Waals surface area (Å²) < 4.78 is 4.71. The average molecular weight is 360 g/mol. The number of hydrogen-bond acceptors (Lipinski definition) is 4. The van der Waals surface area contributed by atoms with Crippen molar-refractivity contribution in [3.63, 3.8) is 0 Å². The Kier molecular flexibility index (Phi) is 7.44. The molecule has 1 fully saturated rings. The molecule has 1 amide bonds. The van der Waals surface area contributed by atoms with E-state index in [1.807, 2.05) is 12.1 Å². The van der Waals surface area contributed by atoms with Crippen molar-refractivity contribution >= 4 is 17.8 Å². The van der Waals surface area contributed by atoms with Crippen molar-refractivity contribution < 1.29 is 14.3 Å². The van der Waals surface area contributed by atoms with Gasteiger partial charge in [-0.25, -0.2) is 4.79 Å². The summed E-state index contributed by atoms with van der Waals surface area (Å²) in [5.74, 6) is 1.08. The first-order valence-electron chi connectivity index (χ1n) is 8.90. The molecule has 0 atom stereocenters. The second kappa shape index (κ2) is 9.79. The summed E-state index contributed by atoms with van der Waals surface area (Å²) in [6.45, 7) is 2.41. The van der Waals surface area contributed by atoms with Crippen LogP contribution in [0.2, 0.25) is 0 Å². The van der Waals surface area contributed by atoms with Crippen LogP contribution in [-0.2, 0) is 16.1 Å². The number of ether oxygens (including phenoxy) is 1. The molecule has 0 spiro atoms. The molecule has 1 heterocycles. The molecule has 2 rings (SSSR count). The van der Waals surface area contributed by atoms with Crippen LogP contribution in [0.1, 0.15) is 35.2 Å². The molecule has 7 nitrogen and oxygen atoms in total. The van der Waals surface area contributed by atoms with E-state index in [2.05, 4.69) is 20.5 Å². The zero-order chi connectivity index (χ0) is 18.9. The van der Waals surface area contributed by atoms with Crippen LogP contribution in [-0.4, -0.2) is 57.0 Å². The lowest BCUT2D eigenvalue weighted by Crippen LogP contribution is -2.45. The van der Waals surface area contributed by atoms with E-state index in [4.69, 9.17) is 4.74 Å². The first-order valence-corrected chi connectivity index (χ1v) is 8.90. The van der Waals surface area contributed by atoms with Crippen molar-refractivity contribution in [1.29, 1.82) is 0 Å². The maximum Gasteiger partial charge on any atom is 0.337 e. The predicted molar refractivity (Wildman–Crippen MR) is 101 cm³/mol. The number of rotatable bonds is 5. The zero-order valence-electron chi connectivity index (χ0n) is 15.7. The molecule has 0 aliphatic carbocycles. The largest absolute Gasteiger partial charge is 0.465 e. The van der Waals surface area contributed by atoms with E-state index in [0.29, 0.717) is 24.4 Å². The molecule has 0 radical (unpaired) electrons. The molecule has 1 aliphatic rings. The number of carbonyl (C=O) groups is 2. The fraction of sp³-hybridized carbons (Fsp3) is 0.526. The van der Waals surface area contributed by atoms with Crippen LogP contribution in [0.25, 0.3) is 0 Å². The summed E-state index contributed by atoms with van der Waals surface area (Å²) in [4.78, 5) is 29.6. The third kappa shape index (κ3) is 5.47. The minimum absolute atomic E-state index is 0.112. The SMILES string of the molecule is CN=C(NCc1ccc(C(=O)OC)cc1)N1CCC(CC(=O)NC)CC1. The molecule has 1 aromatic rings. The number of benzene rings is 1. The van der Waals surface area contributed by atoms with Gasteiger partial charge < -0.3 is 20.3 Å². The van der Waals surface area contributed by atoms with Gasteiger partial charge in [0.2, 0.25) is 5.91 Å². The number of carbonyl (C=O) groups excluding carboxylic acids is 2. The minimum atomic E-state index is -0.333. The van der Waals surface area contributed by atoms with Gasteiger partial charge in [0.1, 0.15) is 0 Å². The topological polar surface area (TPSA) is 83.0 Å². The van der Waals surface area contributed by atoms with Crippen molar-refractivity contribution in [1.82, 2.24) is 15.5 Å². The van der Waals surface area contributed by atoms with Crippen molar-refractivity contribution in [2.45, 2.75) is 25.8 Å². The molecular weight excluding hydrogens is 332 g/mol. The van der Waals surface area contributed by atoms with Crippen molar-refractivity contribution in [2.75, 3.05) is 34.3 Å². The molecule has 0 unspecified atom stereocenters. The van der Waals surface area contributed by atoms with E-state index in [0.717, 1.165) is 37.5 Å². The van der Waals surface area contributed by atoms with E-state index < -0.39 is 0 Å². The Labute approximate surface area is 154 Å². The summed E-state index contributed by atoms with van der Waals surface area (Å²) in [6, 6.07) is 7.33. The van der Waals surface area contributed by atoms with Crippen LogP contribution in [0, 0.1) is 5.92 Å². The predicted octanol–water partition coefficient (Wildman–Crippen LogP) is 1.40. The van der Waals surface area contributed by atoms with Crippen molar-refractivity contribution in [3.05, 3.63) is 35.4 Å². The van der Waals surface area contributed by atoms with Crippen molar-refractivity contribution in [2.24, 2.45) is 10.9 Å². The molecule has 1 saturated heterocycles. The summed E-state index contributed by atoms with van der Waals surface area (Å²) in [5, 5.41) is 6.06. The Morgan fingerprint density at radius 2 is 1.88 bits per heavy atom. The van der Waals surface area contributed by atoms with E-state index in [1.54, 1.807) is 26.2 Å². The highest BCUT2D eigenvalue weighted by atomic mass is 16.5. The molecular formula is C19H28N4O3. The number of nitrogens with zero attached hydrogens (tertiary/aromatic N) is 2. The van der Waals surface area contributed by atoms with Gasteiger partial charge in [0.05, 0.1) is 12.7 Å². The van der Waals surface area contributed by atoms with Gasteiger partial charge in [0, 0.05) is 40.2 Å². The van der Waals surface area contributed by atoms with Crippen LogP contribution in [0.3, 0.4) is 0 Å². The van der Waals surface area contributed by atoms with Gasteiger partial charge in [0.15, 0.2) is 5.96 Å². The van der Waals surface area contributed by atoms with Gasteiger partial charge in [-0.1, -0.05) is 12.1 Å². The van der Waals surface area contributed by atoms with E-state index in [1.165, 1.54) is 7.11 Å². The van der Waals surface area contributed by atoms with E-state index in [9.17, 15) is 9.59 Å². The minimum Gasteiger partial charge on any atom is -0.465 e. The zero-order valence-corrected chi connectivity index (χ0v) is 15.7. The molecule has 2 N–H and O–H groups in total. The highest BCUT2D eigenvalue weighted by Crippen LogP contribution is 2.20. The fourth-order valence-electron chi connectivity index (χ4n) is 3.10. The lowest BCUT2D eigenvalue weighted by atomic mass is 9.93. The first-order chi connectivity index (χ1) is 12.6. The van der Waals surface area contributed by atoms with Gasteiger partial charge >= 0.3 is 5.97 Å². The quantitative estimate of drug-likeness (QED) is 0.471. The molecule has 7 heteroatoms. The number of aliphatic imine (C=N–C) groups is 1. The third-order valence-corrected chi connectivity index (χ3v) is 4.70. The Morgan fingerprint density at radius 3 is 2.42 bits per heavy atom. The number of amides is 1. The Bertz CT molecular complexity index is 635. The summed E-state index contributed by atoms with van der Waals surface area (Å²) in [7, 11) is 4.83. The molecule has 0 aromatic heterocycles. The second-order valence-electron chi connectivity index (χ2n) is 6.40. The van der Waals surface area contributed by atoms with Crippen LogP contribution >= 0.6 is 0 Å². The lowest BCUT2D eigenvalue weighted by Gasteiger charge is -2.34. The van der Waals surface area contributed by atoms with Crippen LogP contribution in [0.15, 0.2) is 29.3 Å². The normalized spacial score (nSPS) is 15.5. The number of guanidine groups is 1. The van der Waals surface area contributed by atoms with Gasteiger partial charge in [0.25, 0.3) is 0 Å². The Balaban J connectivity index is 1.83. The van der Waals surface area contributed by atoms with Gasteiger partial charge in [-0.05, 0) is 36.5 Å². The lowest BCUT2D eigenvalue weighted by molar-refractivity contribution is -0.121. The van der Waals surface area contributed by atoms with E-state index >= 15 is 0 Å². The number of esters is 1. The van der Waals surface area contributed by atoms with Crippen LogP contribution < -0.4 is 10.6 Å². The highest BCUT2D eigenvalue weighted by Gasteiger charge is 2.23. The van der Waals surface area contributed by atoms with Gasteiger partial charge in [-0.3, -0.25) is 9.79 Å². The number of hydrogen-bond donors (Lipinski definition) is 2. The Morgan fingerprint density at radius 1 is 1.23 bits per heavy atom. The number of piperidine rings is 1. The maximum absolute atomic E-state index is 11.5. The molecule has 1 aromatic carbocycles. The second-order valence-corrected chi connectivity index (χ2v) is 6.40. The van der Waals surface area contributed by atoms with Crippen molar-refractivity contribution in [3.8, 4) is 0 Å². The molecule has 26 heavy (non-hydrogen) atoms. The maximum atomic E-state index is 11.5. The van der Waals surface area contributed by atoms with Crippen LogP contribution in [0.5, 0.6) is 0 Å². The first kappa shape index (κ1) is 19.8. The Hall–Kier alpha value is -2.57. The summed E-state index contributed by atoms with van der Waals surface area (Å²) in [5.41, 5.74) is 1.60. The summed E-state index contributed by atoms with van der Waals surface area (Å²) in [6.07, 6.45) is 2.58. The monoisotopic (exact) mass is 360 g/mol. The molecule has 0 bridgehead atoms. The molecule has 0 saturated carbocycles. The number of methoxy groups -OCH3 is 1. The summed E-state index contributed by atoms with van der Waals surface area (Å²) >= 11 is 0. The third-order valence-electron chi connectivity index (χ3n) is 4.70. The van der Waals surface area contributed by atoms with Gasteiger partial charge in [-0.15, -0.1) is 0 Å². The average Bonchev–Trinajstić information content (AvgIpc) is 2.69. The van der Waals surface area contributed by atoms with E-state index in [-0.39, 0.29) is 11.9 Å². The number of nitrogens with one attached hydrogen (secondary N) is 2. The standard InChI is InChI=1S/C19H28N4O3/c1-20-17(24)12-14-8-10-23(11-9-14)19(21-2)22-13-15-4-6-16(7-5-15)18(25)26-3/h4-7,14H,8-13H2,1-3H3,(H,20,24)(H,21,22). The molecule has 1 aliphatic heterocycles. The molecule has 142 valence electrons. The van der Waals surface area contributed by atoms with Crippen LogP contribution in [0.4, 0.5) is 0 Å². The van der Waals surface area contributed by atoms with Gasteiger partial charge in [-0.2, -0.15) is 0 Å². The fourth-order valence-corrected chi connectivity index (χ4v) is 3.10.